The zero-order chi connectivity index (χ0) is 9.52. The van der Waals surface area contributed by atoms with E-state index in [1.54, 1.807) is 0 Å². The molecular formula is C4H5BrCdN6O2. The summed E-state index contributed by atoms with van der Waals surface area (Å²) in [5.41, 5.74) is 0. The van der Waals surface area contributed by atoms with Gasteiger partial charge in [-0.25, -0.2) is 0 Å². The van der Waals surface area contributed by atoms with Crippen LogP contribution in [0.1, 0.15) is 0 Å². The Kier molecular flexibility index (Phi) is 7.27. The van der Waals surface area contributed by atoms with Crippen molar-refractivity contribution < 1.29 is 24.2 Å². The molecule has 0 aliphatic heterocycles. The van der Waals surface area contributed by atoms with Crippen LogP contribution in [0.5, 0.6) is 0 Å². The van der Waals surface area contributed by atoms with Crippen LogP contribution in [0.25, 0.3) is 0 Å². The van der Waals surface area contributed by atoms with E-state index in [1.165, 1.54) is 0 Å². The third kappa shape index (κ3) is 3.99. The molecule has 2 N–H and O–H groups in total. The van der Waals surface area contributed by atoms with Crippen LogP contribution in [0.4, 0.5) is 0 Å². The molecule has 14 heavy (non-hydrogen) atoms. The topological polar surface area (TPSA) is 117 Å². The predicted molar refractivity (Wildman–Crippen MR) is 49.1 cm³/mol. The molecule has 2 heterocycles. The molecule has 2 aromatic heterocycles. The molecule has 0 saturated heterocycles. The van der Waals surface area contributed by atoms with Crippen molar-refractivity contribution in [1.29, 1.82) is 0 Å². The Morgan fingerprint density at radius 3 is 1.71 bits per heavy atom. The van der Waals surface area contributed by atoms with E-state index in [0.717, 1.165) is 6.51 Å². The van der Waals surface area contributed by atoms with Crippen LogP contribution in [-0.2, 0) is 24.2 Å². The molecule has 0 aromatic carbocycles. The van der Waals surface area contributed by atoms with E-state index in [2.05, 4.69) is 30.8 Å². The zero-order valence-electron chi connectivity index (χ0n) is 6.88. The average Bonchev–Trinajstić information content (AvgIpc) is 2.81. The molecule has 2 rings (SSSR count). The summed E-state index contributed by atoms with van der Waals surface area (Å²) in [5.74, 6) is 0. The van der Waals surface area contributed by atoms with Crippen molar-refractivity contribution in [2.24, 2.45) is 0 Å². The minimum absolute atomic E-state index is 0. The Labute approximate surface area is 100 Å². The third-order valence-electron chi connectivity index (χ3n) is 1.30. The second kappa shape index (κ2) is 7.66. The van der Waals surface area contributed by atoms with E-state index in [4.69, 9.17) is 9.93 Å². The number of aromatic amines is 2. The predicted octanol–water partition coefficient (Wildman–Crippen LogP) is -1.40. The summed E-state index contributed by atoms with van der Waals surface area (Å²) in [7, 11) is 0. The summed E-state index contributed by atoms with van der Waals surface area (Å²) in [6.45, 7) is 0. The molecule has 0 amide bonds. The summed E-state index contributed by atoms with van der Waals surface area (Å²) in [4.78, 5) is 14.0. The first-order chi connectivity index (χ1) is 6.45. The number of nitrogens with zero attached hydrogens (tertiary/aromatic N) is 4. The summed E-state index contributed by atoms with van der Waals surface area (Å²) >= 11 is -1.18. The Hall–Kier alpha value is -0.718. The van der Waals surface area contributed by atoms with E-state index in [9.17, 15) is 0 Å². The normalized spacial score (nSPS) is 7.71. The van der Waals surface area contributed by atoms with Crippen LogP contribution in [0.3, 0.4) is 0 Å². The van der Waals surface area contributed by atoms with Gasteiger partial charge in [-0.05, 0) is 0 Å². The van der Waals surface area contributed by atoms with Crippen molar-refractivity contribution in [2.45, 2.75) is 0 Å². The van der Waals surface area contributed by atoms with E-state index in [1.807, 2.05) is 12.4 Å². The molecule has 0 spiro atoms. The monoisotopic (exact) mass is 362 g/mol. The molecule has 0 atom stereocenters. The molecule has 0 unspecified atom stereocenters. The Morgan fingerprint density at radius 2 is 1.43 bits per heavy atom. The van der Waals surface area contributed by atoms with Crippen LogP contribution in [-0.4, -0.2) is 30.8 Å². The fourth-order valence-corrected chi connectivity index (χ4v) is 3.78. The quantitative estimate of drug-likeness (QED) is 0.636. The SMILES string of the molecule is Br.O=O.c1[nH]nn[c]1[Cd][c]1c[nH]nn1. The molecule has 8 nitrogen and oxygen atoms in total. The first kappa shape index (κ1) is 13.3. The minimum atomic E-state index is -1.18. The molecule has 72 valence electrons. The van der Waals surface area contributed by atoms with Gasteiger partial charge < -0.3 is 0 Å². The average molecular weight is 361 g/mol. The van der Waals surface area contributed by atoms with Gasteiger partial charge in [0.2, 0.25) is 0 Å². The second-order valence-corrected chi connectivity index (χ2v) is 7.25. The van der Waals surface area contributed by atoms with Crippen LogP contribution < -0.4 is 6.51 Å². The first-order valence-electron chi connectivity index (χ1n) is 3.32. The number of nitrogens with one attached hydrogen (secondary N) is 2. The van der Waals surface area contributed by atoms with Crippen LogP contribution >= 0.6 is 17.0 Å². The van der Waals surface area contributed by atoms with E-state index in [-0.39, 0.29) is 17.0 Å². The Balaban J connectivity index is 0.000000531. The molecule has 0 aliphatic rings. The molecule has 0 saturated carbocycles. The second-order valence-electron chi connectivity index (χ2n) is 2.11. The van der Waals surface area contributed by atoms with E-state index < -0.39 is 24.2 Å². The van der Waals surface area contributed by atoms with Gasteiger partial charge in [0.05, 0.1) is 0 Å². The maximum atomic E-state index is 7.00. The number of hydrogen-bond acceptors (Lipinski definition) is 6. The Morgan fingerprint density at radius 1 is 1.00 bits per heavy atom. The number of H-pyrrole nitrogens is 2. The molecule has 2 aromatic rings. The molecule has 0 fully saturated rings. The van der Waals surface area contributed by atoms with Crippen molar-refractivity contribution in [2.75, 3.05) is 0 Å². The van der Waals surface area contributed by atoms with Gasteiger partial charge in [-0.1, -0.05) is 0 Å². The molecule has 0 aliphatic carbocycles. The van der Waals surface area contributed by atoms with Crippen molar-refractivity contribution in [3.63, 3.8) is 0 Å². The summed E-state index contributed by atoms with van der Waals surface area (Å²) < 4.78 is 2.14. The Bertz CT molecular complexity index is 293. The van der Waals surface area contributed by atoms with Gasteiger partial charge in [-0.2, -0.15) is 0 Å². The molecule has 0 bridgehead atoms. The van der Waals surface area contributed by atoms with Crippen molar-refractivity contribution >= 4 is 23.5 Å². The first-order valence-corrected chi connectivity index (χ1v) is 7.36. The fraction of sp³-hybridized carbons (Fsp3) is 0. The van der Waals surface area contributed by atoms with Gasteiger partial charge in [0.1, 0.15) is 0 Å². The van der Waals surface area contributed by atoms with Crippen molar-refractivity contribution in [3.8, 4) is 0 Å². The van der Waals surface area contributed by atoms with E-state index in [0.29, 0.717) is 0 Å². The van der Waals surface area contributed by atoms with Gasteiger partial charge in [0, 0.05) is 9.93 Å². The van der Waals surface area contributed by atoms with Crippen LogP contribution in [0.15, 0.2) is 12.4 Å². The van der Waals surface area contributed by atoms with Crippen LogP contribution in [0, 0.1) is 9.93 Å². The molecule has 0 radical (unpaired) electrons. The summed E-state index contributed by atoms with van der Waals surface area (Å²) in [6, 6.07) is 0. The summed E-state index contributed by atoms with van der Waals surface area (Å²) in [6.07, 6.45) is 3.65. The maximum absolute atomic E-state index is 7.00. The van der Waals surface area contributed by atoms with Gasteiger partial charge >= 0.3 is 74.0 Å². The number of rotatable bonds is 2. The van der Waals surface area contributed by atoms with Gasteiger partial charge in [-0.15, -0.1) is 17.0 Å². The van der Waals surface area contributed by atoms with Gasteiger partial charge in [0.15, 0.2) is 0 Å². The third-order valence-corrected chi connectivity index (χ3v) is 5.34. The fourth-order valence-electron chi connectivity index (χ4n) is 0.809. The number of aromatic nitrogens is 6. The van der Waals surface area contributed by atoms with Crippen LogP contribution in [0.2, 0.25) is 0 Å². The van der Waals surface area contributed by atoms with Crippen molar-refractivity contribution in [1.82, 2.24) is 30.8 Å². The molecule has 10 heteroatoms. The van der Waals surface area contributed by atoms with E-state index >= 15 is 0 Å². The van der Waals surface area contributed by atoms with Gasteiger partial charge in [-0.3, -0.25) is 0 Å². The number of hydrogen-bond donors (Lipinski definition) is 2. The van der Waals surface area contributed by atoms with Crippen molar-refractivity contribution in [3.05, 3.63) is 22.3 Å². The summed E-state index contributed by atoms with van der Waals surface area (Å²) in [5, 5.41) is 20.4. The number of halogens is 1. The standard InChI is InChI=1S/2C2H2N3.BrH.Cd.O2/c2*1-2-4-5-3-1;;;1-2/h2*1H,(H,3,4,5);1H;;. The van der Waals surface area contributed by atoms with Gasteiger partial charge in [0.25, 0.3) is 0 Å². The molecular weight excluding hydrogens is 356 g/mol. The zero-order valence-corrected chi connectivity index (χ0v) is 12.6.